The van der Waals surface area contributed by atoms with Gasteiger partial charge in [-0.25, -0.2) is 9.50 Å². The highest BCUT2D eigenvalue weighted by Crippen LogP contribution is 2.31. The summed E-state index contributed by atoms with van der Waals surface area (Å²) in [6.07, 6.45) is 3.40. The number of aromatic nitrogens is 3. The minimum atomic E-state index is 0.463. The second kappa shape index (κ2) is 4.73. The Bertz CT molecular complexity index is 767. The molecule has 2 N–H and O–H groups in total. The maximum atomic E-state index is 5.94. The molecule has 2 aromatic heterocycles. The smallest absolute Gasteiger partial charge is 0.245 e. The zero-order chi connectivity index (χ0) is 14.1. The first kappa shape index (κ1) is 12.3. The zero-order valence-electron chi connectivity index (χ0n) is 11.2. The molecule has 0 atom stereocenters. The lowest BCUT2D eigenvalue weighted by Crippen LogP contribution is -1.97. The molecule has 0 radical (unpaired) electrons. The van der Waals surface area contributed by atoms with Gasteiger partial charge in [-0.1, -0.05) is 0 Å². The topological polar surface area (TPSA) is 74.7 Å². The third kappa shape index (κ3) is 2.11. The molecule has 0 amide bonds. The van der Waals surface area contributed by atoms with Gasteiger partial charge in [-0.3, -0.25) is 0 Å². The molecule has 0 saturated carbocycles. The van der Waals surface area contributed by atoms with Crippen molar-refractivity contribution in [1.82, 2.24) is 14.6 Å². The fourth-order valence-corrected chi connectivity index (χ4v) is 1.95. The van der Waals surface area contributed by atoms with Crippen molar-refractivity contribution < 1.29 is 9.47 Å². The molecule has 3 aromatic rings. The first-order chi connectivity index (χ1) is 9.67. The van der Waals surface area contributed by atoms with Crippen LogP contribution in [0.3, 0.4) is 0 Å². The van der Waals surface area contributed by atoms with Crippen LogP contribution in [-0.4, -0.2) is 21.7 Å². The summed E-state index contributed by atoms with van der Waals surface area (Å²) in [6, 6.07) is 7.15. The van der Waals surface area contributed by atoms with Crippen LogP contribution in [0.2, 0.25) is 0 Å². The largest absolute Gasteiger partial charge is 0.497 e. The van der Waals surface area contributed by atoms with Crippen molar-refractivity contribution in [3.8, 4) is 17.4 Å². The Morgan fingerprint density at radius 3 is 2.85 bits per heavy atom. The Hall–Kier alpha value is -2.76. The molecule has 0 spiro atoms. The summed E-state index contributed by atoms with van der Waals surface area (Å²) >= 11 is 0. The van der Waals surface area contributed by atoms with E-state index in [0.29, 0.717) is 23.1 Å². The van der Waals surface area contributed by atoms with Crippen molar-refractivity contribution in [3.05, 3.63) is 42.4 Å². The van der Waals surface area contributed by atoms with Gasteiger partial charge in [0, 0.05) is 18.5 Å². The lowest BCUT2D eigenvalue weighted by Gasteiger charge is -2.09. The van der Waals surface area contributed by atoms with Crippen LogP contribution in [0.1, 0.15) is 5.69 Å². The van der Waals surface area contributed by atoms with Gasteiger partial charge in [-0.15, -0.1) is 0 Å². The van der Waals surface area contributed by atoms with Crippen LogP contribution in [0, 0.1) is 6.92 Å². The summed E-state index contributed by atoms with van der Waals surface area (Å²) in [5.74, 6) is 1.68. The van der Waals surface area contributed by atoms with Gasteiger partial charge >= 0.3 is 0 Å². The van der Waals surface area contributed by atoms with Gasteiger partial charge in [0.1, 0.15) is 11.3 Å². The molecular weight excluding hydrogens is 256 g/mol. The Kier molecular flexibility index (Phi) is 2.90. The van der Waals surface area contributed by atoms with E-state index in [1.165, 1.54) is 0 Å². The van der Waals surface area contributed by atoms with E-state index in [0.717, 1.165) is 11.2 Å². The molecule has 20 heavy (non-hydrogen) atoms. The van der Waals surface area contributed by atoms with Crippen molar-refractivity contribution in [2.24, 2.45) is 0 Å². The molecule has 6 heteroatoms. The highest BCUT2D eigenvalue weighted by Gasteiger charge is 2.10. The van der Waals surface area contributed by atoms with Crippen molar-refractivity contribution in [2.75, 3.05) is 12.8 Å². The minimum Gasteiger partial charge on any atom is -0.497 e. The normalized spacial score (nSPS) is 10.7. The molecule has 0 aliphatic carbocycles. The van der Waals surface area contributed by atoms with Crippen molar-refractivity contribution >= 4 is 11.2 Å². The van der Waals surface area contributed by atoms with Gasteiger partial charge < -0.3 is 15.2 Å². The van der Waals surface area contributed by atoms with E-state index < -0.39 is 0 Å². The molecule has 2 heterocycles. The first-order valence-electron chi connectivity index (χ1n) is 6.10. The summed E-state index contributed by atoms with van der Waals surface area (Å²) in [5, 5.41) is 4.31. The highest BCUT2D eigenvalue weighted by molar-refractivity contribution is 5.61. The Balaban J connectivity index is 2.01. The summed E-state index contributed by atoms with van der Waals surface area (Å²) in [7, 11) is 1.59. The number of fused-ring (bicyclic) bond motifs is 1. The van der Waals surface area contributed by atoms with E-state index in [2.05, 4.69) is 10.1 Å². The molecule has 6 nitrogen and oxygen atoms in total. The standard InChI is InChI=1S/C14H14N4O2/c1-9-7-12-14(16-5-6-18(12)17-9)20-13-4-3-10(19-2)8-11(13)15/h3-8H,15H2,1-2H3. The van der Waals surface area contributed by atoms with Gasteiger partial charge in [0.25, 0.3) is 0 Å². The number of nitrogen functional groups attached to an aromatic ring is 1. The van der Waals surface area contributed by atoms with Gasteiger partial charge in [-0.2, -0.15) is 5.10 Å². The van der Waals surface area contributed by atoms with Crippen molar-refractivity contribution in [2.45, 2.75) is 6.92 Å². The molecule has 3 rings (SSSR count). The van der Waals surface area contributed by atoms with Crippen LogP contribution in [0.5, 0.6) is 17.4 Å². The second-order valence-corrected chi connectivity index (χ2v) is 4.35. The lowest BCUT2D eigenvalue weighted by molar-refractivity contribution is 0.413. The van der Waals surface area contributed by atoms with Gasteiger partial charge in [0.2, 0.25) is 5.88 Å². The third-order valence-electron chi connectivity index (χ3n) is 2.90. The van der Waals surface area contributed by atoms with Crippen molar-refractivity contribution in [3.63, 3.8) is 0 Å². The number of nitrogens with zero attached hydrogens (tertiary/aromatic N) is 3. The predicted molar refractivity (Wildman–Crippen MR) is 75.2 cm³/mol. The van der Waals surface area contributed by atoms with E-state index in [1.807, 2.05) is 13.0 Å². The lowest BCUT2D eigenvalue weighted by atomic mass is 10.3. The average molecular weight is 270 g/mol. The van der Waals surface area contributed by atoms with Gasteiger partial charge in [0.15, 0.2) is 5.75 Å². The third-order valence-corrected chi connectivity index (χ3v) is 2.90. The maximum absolute atomic E-state index is 5.94. The van der Waals surface area contributed by atoms with E-state index >= 15 is 0 Å². The Labute approximate surface area is 115 Å². The number of ether oxygens (including phenoxy) is 2. The summed E-state index contributed by atoms with van der Waals surface area (Å²) in [6.45, 7) is 1.92. The molecular formula is C14H14N4O2. The number of hydrogen-bond donors (Lipinski definition) is 1. The Morgan fingerprint density at radius 2 is 2.10 bits per heavy atom. The number of anilines is 1. The molecule has 1 aromatic carbocycles. The zero-order valence-corrected chi connectivity index (χ0v) is 11.2. The number of hydrogen-bond acceptors (Lipinski definition) is 5. The summed E-state index contributed by atoms with van der Waals surface area (Å²) in [4.78, 5) is 4.23. The number of nitrogens with two attached hydrogens (primary N) is 1. The molecule has 0 unspecified atom stereocenters. The van der Waals surface area contributed by atoms with E-state index in [4.69, 9.17) is 15.2 Å². The first-order valence-corrected chi connectivity index (χ1v) is 6.10. The molecule has 102 valence electrons. The fourth-order valence-electron chi connectivity index (χ4n) is 1.95. The van der Waals surface area contributed by atoms with E-state index in [-0.39, 0.29) is 0 Å². The minimum absolute atomic E-state index is 0.463. The fraction of sp³-hybridized carbons (Fsp3) is 0.143. The monoisotopic (exact) mass is 270 g/mol. The number of rotatable bonds is 3. The van der Waals surface area contributed by atoms with Crippen LogP contribution in [0.15, 0.2) is 36.7 Å². The van der Waals surface area contributed by atoms with Crippen LogP contribution in [0.4, 0.5) is 5.69 Å². The Morgan fingerprint density at radius 1 is 1.25 bits per heavy atom. The average Bonchev–Trinajstić information content (AvgIpc) is 2.82. The van der Waals surface area contributed by atoms with Gasteiger partial charge in [0.05, 0.1) is 18.5 Å². The molecule has 0 saturated heterocycles. The molecule has 0 aliphatic rings. The molecule has 0 fully saturated rings. The predicted octanol–water partition coefficient (Wildman–Crippen LogP) is 2.42. The summed E-state index contributed by atoms with van der Waals surface area (Å²) in [5.41, 5.74) is 8.11. The van der Waals surface area contributed by atoms with Crippen LogP contribution < -0.4 is 15.2 Å². The maximum Gasteiger partial charge on any atom is 0.245 e. The molecule has 0 aliphatic heterocycles. The number of methoxy groups -OCH3 is 1. The van der Waals surface area contributed by atoms with Crippen molar-refractivity contribution in [1.29, 1.82) is 0 Å². The number of benzene rings is 1. The number of aryl methyl sites for hydroxylation is 1. The van der Waals surface area contributed by atoms with Gasteiger partial charge in [-0.05, 0) is 25.1 Å². The SMILES string of the molecule is COc1ccc(Oc2nccn3nc(C)cc23)c(N)c1. The second-order valence-electron chi connectivity index (χ2n) is 4.35. The van der Waals surface area contributed by atoms with Crippen LogP contribution >= 0.6 is 0 Å². The van der Waals surface area contributed by atoms with E-state index in [1.54, 1.807) is 42.2 Å². The summed E-state index contributed by atoms with van der Waals surface area (Å²) < 4.78 is 12.6. The van der Waals surface area contributed by atoms with Crippen LogP contribution in [-0.2, 0) is 0 Å². The van der Waals surface area contributed by atoms with E-state index in [9.17, 15) is 0 Å². The van der Waals surface area contributed by atoms with Crippen LogP contribution in [0.25, 0.3) is 5.52 Å². The molecule has 0 bridgehead atoms. The quantitative estimate of drug-likeness (QED) is 0.740. The highest BCUT2D eigenvalue weighted by atomic mass is 16.5.